The van der Waals surface area contributed by atoms with E-state index in [1.54, 1.807) is 23.5 Å². The molecule has 30 heavy (non-hydrogen) atoms. The molecule has 6 rings (SSSR count). The zero-order valence-corrected chi connectivity index (χ0v) is 16.6. The van der Waals surface area contributed by atoms with Gasteiger partial charge in [0.25, 0.3) is 0 Å². The number of hydrogen-bond acceptors (Lipinski definition) is 3. The van der Waals surface area contributed by atoms with Crippen molar-refractivity contribution in [2.45, 2.75) is 0 Å². The van der Waals surface area contributed by atoms with Crippen molar-refractivity contribution >= 4 is 53.3 Å². The molecule has 0 aliphatic heterocycles. The normalized spacial score (nSPS) is 11.3. The number of rotatable bonds is 1. The smallest absolute Gasteiger partial charge is 0.101 e. The maximum absolute atomic E-state index is 9.78. The molecule has 0 N–H and O–H groups in total. The van der Waals surface area contributed by atoms with Crippen LogP contribution >= 0.6 is 11.3 Å². The number of nitrogens with zero attached hydrogens (tertiary/aromatic N) is 3. The summed E-state index contributed by atoms with van der Waals surface area (Å²) in [5.74, 6) is 0. The number of para-hydroxylation sites is 1. The maximum Gasteiger partial charge on any atom is 0.101 e. The molecule has 4 aromatic carbocycles. The largest absolute Gasteiger partial charge is 0.308 e. The molecular weight excluding hydrogens is 386 g/mol. The standard InChI is InChI=1S/C26H13N3S/c27-14-16-9-10-22(17(11-16)15-28)29-23-7-3-1-5-18(23)20-12-21-19-6-2-4-8-25(19)30-26(21)13-24(20)29/h1-13H. The van der Waals surface area contributed by atoms with Gasteiger partial charge < -0.3 is 4.57 Å². The molecule has 0 spiro atoms. The summed E-state index contributed by atoms with van der Waals surface area (Å²) < 4.78 is 4.64. The van der Waals surface area contributed by atoms with Crippen molar-refractivity contribution in [1.82, 2.24) is 4.57 Å². The van der Waals surface area contributed by atoms with Gasteiger partial charge in [-0.15, -0.1) is 11.3 Å². The minimum atomic E-state index is 0.489. The van der Waals surface area contributed by atoms with Crippen LogP contribution < -0.4 is 0 Å². The lowest BCUT2D eigenvalue weighted by Gasteiger charge is -2.10. The van der Waals surface area contributed by atoms with Crippen molar-refractivity contribution in [2.24, 2.45) is 0 Å². The molecule has 0 aliphatic rings. The quantitative estimate of drug-likeness (QED) is 0.302. The van der Waals surface area contributed by atoms with E-state index in [-0.39, 0.29) is 0 Å². The predicted molar refractivity (Wildman–Crippen MR) is 123 cm³/mol. The molecule has 0 bridgehead atoms. The summed E-state index contributed by atoms with van der Waals surface area (Å²) in [6.45, 7) is 0. The number of benzene rings is 4. The summed E-state index contributed by atoms with van der Waals surface area (Å²) in [5.41, 5.74) is 3.89. The van der Waals surface area contributed by atoms with E-state index >= 15 is 0 Å². The lowest BCUT2D eigenvalue weighted by Crippen LogP contribution is -1.98. The second-order valence-electron chi connectivity index (χ2n) is 7.27. The average Bonchev–Trinajstić information content (AvgIpc) is 3.32. The Hall–Kier alpha value is -4.12. The molecule has 0 saturated heterocycles. The summed E-state index contributed by atoms with van der Waals surface area (Å²) in [6, 6.07) is 31.0. The van der Waals surface area contributed by atoms with Gasteiger partial charge in [0.1, 0.15) is 6.07 Å². The van der Waals surface area contributed by atoms with Crippen molar-refractivity contribution in [3.63, 3.8) is 0 Å². The summed E-state index contributed by atoms with van der Waals surface area (Å²) in [6.07, 6.45) is 0. The van der Waals surface area contributed by atoms with Crippen molar-refractivity contribution < 1.29 is 0 Å². The first-order chi connectivity index (χ1) is 14.8. The van der Waals surface area contributed by atoms with E-state index in [9.17, 15) is 10.5 Å². The molecule has 4 heteroatoms. The molecule has 138 valence electrons. The monoisotopic (exact) mass is 399 g/mol. The molecule has 0 fully saturated rings. The molecule has 0 atom stereocenters. The molecule has 0 unspecified atom stereocenters. The Morgan fingerprint density at radius 1 is 0.633 bits per heavy atom. The molecule has 0 saturated carbocycles. The van der Waals surface area contributed by atoms with E-state index in [2.05, 4.69) is 65.2 Å². The Morgan fingerprint density at radius 2 is 1.43 bits per heavy atom. The Labute approximate surface area is 176 Å². The highest BCUT2D eigenvalue weighted by atomic mass is 32.1. The van der Waals surface area contributed by atoms with Gasteiger partial charge >= 0.3 is 0 Å². The van der Waals surface area contributed by atoms with Crippen LogP contribution in [0, 0.1) is 22.7 Å². The van der Waals surface area contributed by atoms with Crippen molar-refractivity contribution in [2.75, 3.05) is 0 Å². The summed E-state index contributed by atoms with van der Waals surface area (Å²) in [5, 5.41) is 23.9. The molecule has 0 radical (unpaired) electrons. The zero-order chi connectivity index (χ0) is 20.2. The fourth-order valence-electron chi connectivity index (χ4n) is 4.34. The van der Waals surface area contributed by atoms with Crippen LogP contribution in [0.4, 0.5) is 0 Å². The molecule has 6 aromatic rings. The number of thiophene rings is 1. The Morgan fingerprint density at radius 3 is 2.27 bits per heavy atom. The highest BCUT2D eigenvalue weighted by Crippen LogP contribution is 2.40. The van der Waals surface area contributed by atoms with Crippen molar-refractivity contribution in [3.8, 4) is 17.8 Å². The first-order valence-electron chi connectivity index (χ1n) is 9.57. The van der Waals surface area contributed by atoms with E-state index < -0.39 is 0 Å². The highest BCUT2D eigenvalue weighted by Gasteiger charge is 2.17. The van der Waals surface area contributed by atoms with Gasteiger partial charge in [-0.25, -0.2) is 0 Å². The van der Waals surface area contributed by atoms with Crippen LogP contribution in [0.5, 0.6) is 0 Å². The first-order valence-corrected chi connectivity index (χ1v) is 10.4. The molecule has 2 aromatic heterocycles. The number of hydrogen-bond donors (Lipinski definition) is 0. The molecule has 3 nitrogen and oxygen atoms in total. The Kier molecular flexibility index (Phi) is 3.47. The zero-order valence-electron chi connectivity index (χ0n) is 15.8. The third-order valence-electron chi connectivity index (χ3n) is 5.66. The minimum Gasteiger partial charge on any atom is -0.308 e. The summed E-state index contributed by atoms with van der Waals surface area (Å²) >= 11 is 1.78. The third kappa shape index (κ3) is 2.23. The van der Waals surface area contributed by atoms with Crippen molar-refractivity contribution in [1.29, 1.82) is 10.5 Å². The molecule has 0 amide bonds. The molecule has 0 aliphatic carbocycles. The number of fused-ring (bicyclic) bond motifs is 6. The first kappa shape index (κ1) is 16.8. The highest BCUT2D eigenvalue weighted by molar-refractivity contribution is 7.25. The minimum absolute atomic E-state index is 0.489. The lowest BCUT2D eigenvalue weighted by molar-refractivity contribution is 1.17. The van der Waals surface area contributed by atoms with Crippen LogP contribution in [0.1, 0.15) is 11.1 Å². The van der Waals surface area contributed by atoms with Crippen LogP contribution in [0.25, 0.3) is 47.7 Å². The van der Waals surface area contributed by atoms with E-state index in [1.807, 2.05) is 18.2 Å². The van der Waals surface area contributed by atoms with Gasteiger partial charge in [0.2, 0.25) is 0 Å². The third-order valence-corrected chi connectivity index (χ3v) is 6.79. The van der Waals surface area contributed by atoms with E-state index in [4.69, 9.17) is 0 Å². The van der Waals surface area contributed by atoms with Gasteiger partial charge in [-0.2, -0.15) is 10.5 Å². The van der Waals surface area contributed by atoms with E-state index in [0.717, 1.165) is 27.5 Å². The second-order valence-corrected chi connectivity index (χ2v) is 8.36. The van der Waals surface area contributed by atoms with Crippen LogP contribution in [0.15, 0.2) is 78.9 Å². The SMILES string of the molecule is N#Cc1ccc(-n2c3ccccc3c3cc4c(cc32)sc2ccccc24)c(C#N)c1. The maximum atomic E-state index is 9.78. The second kappa shape index (κ2) is 6.19. The van der Waals surface area contributed by atoms with E-state index in [1.165, 1.54) is 20.2 Å². The topological polar surface area (TPSA) is 52.5 Å². The predicted octanol–water partition coefficient (Wildman–Crippen LogP) is 6.89. The molecular formula is C26H13N3S. The average molecular weight is 399 g/mol. The molecule has 2 heterocycles. The summed E-state index contributed by atoms with van der Waals surface area (Å²) in [4.78, 5) is 0. The van der Waals surface area contributed by atoms with Gasteiger partial charge in [0, 0.05) is 30.9 Å². The van der Waals surface area contributed by atoms with Crippen LogP contribution in [-0.2, 0) is 0 Å². The van der Waals surface area contributed by atoms with Gasteiger partial charge in [-0.05, 0) is 42.5 Å². The van der Waals surface area contributed by atoms with Gasteiger partial charge in [-0.1, -0.05) is 36.4 Å². The van der Waals surface area contributed by atoms with Gasteiger partial charge in [-0.3, -0.25) is 0 Å². The number of aromatic nitrogens is 1. The van der Waals surface area contributed by atoms with Crippen LogP contribution in [0.3, 0.4) is 0 Å². The fourth-order valence-corrected chi connectivity index (χ4v) is 5.46. The van der Waals surface area contributed by atoms with Gasteiger partial charge in [0.15, 0.2) is 0 Å². The van der Waals surface area contributed by atoms with Crippen LogP contribution in [0.2, 0.25) is 0 Å². The van der Waals surface area contributed by atoms with E-state index in [0.29, 0.717) is 11.1 Å². The Bertz CT molecular complexity index is 1720. The van der Waals surface area contributed by atoms with Gasteiger partial charge in [0.05, 0.1) is 33.9 Å². The number of nitriles is 2. The van der Waals surface area contributed by atoms with Crippen molar-refractivity contribution in [3.05, 3.63) is 90.0 Å². The fraction of sp³-hybridized carbons (Fsp3) is 0. The Balaban J connectivity index is 1.81. The van der Waals surface area contributed by atoms with Crippen LogP contribution in [-0.4, -0.2) is 4.57 Å². The summed E-state index contributed by atoms with van der Waals surface area (Å²) in [7, 11) is 0. The lowest BCUT2D eigenvalue weighted by atomic mass is 10.1.